The van der Waals surface area contributed by atoms with Crippen LogP contribution >= 0.6 is 11.6 Å². The van der Waals surface area contributed by atoms with Gasteiger partial charge in [-0.1, -0.05) is 11.6 Å². The molecule has 0 bridgehead atoms. The number of halogens is 4. The largest absolute Gasteiger partial charge is 0.431 e. The molecular formula is C10H7ClF3N3O. The number of nitrogens with two attached hydrogens (primary N) is 1. The lowest BCUT2D eigenvalue weighted by Crippen LogP contribution is -2.22. The predicted octanol–water partition coefficient (Wildman–Crippen LogP) is 2.58. The predicted molar refractivity (Wildman–Crippen MR) is 61.5 cm³/mol. The van der Waals surface area contributed by atoms with Gasteiger partial charge in [0.1, 0.15) is 0 Å². The molecule has 1 heterocycles. The van der Waals surface area contributed by atoms with Crippen molar-refractivity contribution in [1.82, 2.24) is 0 Å². The molecule has 4 nitrogen and oxygen atoms in total. The number of carbonyl (C=O) groups is 1. The highest BCUT2D eigenvalue weighted by Crippen LogP contribution is 2.32. The molecule has 0 unspecified atom stereocenters. The first-order chi connectivity index (χ1) is 8.29. The minimum atomic E-state index is -4.62. The molecule has 96 valence electrons. The van der Waals surface area contributed by atoms with Gasteiger partial charge in [0.2, 0.25) is 0 Å². The lowest BCUT2D eigenvalue weighted by Gasteiger charge is -2.14. The van der Waals surface area contributed by atoms with E-state index in [1.54, 1.807) is 0 Å². The number of amides is 1. The molecule has 0 aromatic heterocycles. The Hall–Kier alpha value is -1.76. The quantitative estimate of drug-likeness (QED) is 0.802. The van der Waals surface area contributed by atoms with Crippen LogP contribution in [0.5, 0.6) is 0 Å². The molecule has 0 fully saturated rings. The fourth-order valence-corrected chi connectivity index (χ4v) is 1.67. The maximum Gasteiger partial charge on any atom is 0.431 e. The fourth-order valence-electron chi connectivity index (χ4n) is 1.49. The Morgan fingerprint density at radius 2 is 2.06 bits per heavy atom. The summed E-state index contributed by atoms with van der Waals surface area (Å²) >= 11 is 5.66. The van der Waals surface area contributed by atoms with Gasteiger partial charge in [-0.15, -0.1) is 0 Å². The summed E-state index contributed by atoms with van der Waals surface area (Å²) in [6, 6.07) is 4.10. The van der Waals surface area contributed by atoms with Crippen molar-refractivity contribution >= 4 is 34.6 Å². The summed E-state index contributed by atoms with van der Waals surface area (Å²) in [4.78, 5) is 11.5. The van der Waals surface area contributed by atoms with E-state index in [1.807, 2.05) is 0 Å². The first-order valence-corrected chi connectivity index (χ1v) is 5.19. The van der Waals surface area contributed by atoms with E-state index in [4.69, 9.17) is 17.3 Å². The number of rotatable bonds is 1. The summed E-state index contributed by atoms with van der Waals surface area (Å²) in [5.41, 5.74) is 4.62. The van der Waals surface area contributed by atoms with Crippen LogP contribution in [0.1, 0.15) is 6.42 Å². The molecule has 0 radical (unpaired) electrons. The lowest BCUT2D eigenvalue weighted by atomic mass is 10.2. The third-order valence-electron chi connectivity index (χ3n) is 2.32. The number of nitrogen functional groups attached to an aromatic ring is 1. The number of carbonyl (C=O) groups excluding carboxylic acids is 1. The van der Waals surface area contributed by atoms with Crippen molar-refractivity contribution in [3.63, 3.8) is 0 Å². The molecule has 1 aliphatic heterocycles. The van der Waals surface area contributed by atoms with Gasteiger partial charge in [-0.3, -0.25) is 4.79 Å². The Labute approximate surface area is 105 Å². The van der Waals surface area contributed by atoms with Gasteiger partial charge in [-0.25, -0.2) is 0 Å². The van der Waals surface area contributed by atoms with Crippen LogP contribution in [0.15, 0.2) is 23.3 Å². The second-order valence-corrected chi connectivity index (χ2v) is 4.07. The third-order valence-corrected chi connectivity index (χ3v) is 2.56. The minimum absolute atomic E-state index is 0.0861. The highest BCUT2D eigenvalue weighted by Gasteiger charge is 2.43. The molecule has 8 heteroatoms. The summed E-state index contributed by atoms with van der Waals surface area (Å²) in [5, 5.41) is 4.22. The topological polar surface area (TPSA) is 58.7 Å². The monoisotopic (exact) mass is 277 g/mol. The highest BCUT2D eigenvalue weighted by atomic mass is 35.5. The molecule has 0 atom stereocenters. The van der Waals surface area contributed by atoms with Gasteiger partial charge < -0.3 is 5.73 Å². The van der Waals surface area contributed by atoms with Crippen molar-refractivity contribution in [2.45, 2.75) is 12.6 Å². The van der Waals surface area contributed by atoms with Gasteiger partial charge in [0.05, 0.1) is 17.8 Å². The van der Waals surface area contributed by atoms with E-state index in [1.165, 1.54) is 18.2 Å². The molecule has 18 heavy (non-hydrogen) atoms. The van der Waals surface area contributed by atoms with E-state index in [0.717, 1.165) is 0 Å². The Morgan fingerprint density at radius 1 is 1.39 bits per heavy atom. The maximum absolute atomic E-state index is 12.4. The van der Waals surface area contributed by atoms with E-state index < -0.39 is 24.2 Å². The molecule has 0 spiro atoms. The van der Waals surface area contributed by atoms with E-state index in [9.17, 15) is 18.0 Å². The van der Waals surface area contributed by atoms with E-state index in [0.29, 0.717) is 10.0 Å². The van der Waals surface area contributed by atoms with Gasteiger partial charge >= 0.3 is 6.18 Å². The van der Waals surface area contributed by atoms with Crippen LogP contribution < -0.4 is 10.7 Å². The van der Waals surface area contributed by atoms with Crippen molar-refractivity contribution in [2.24, 2.45) is 5.10 Å². The van der Waals surface area contributed by atoms with Crippen LogP contribution in [0, 0.1) is 0 Å². The zero-order valence-corrected chi connectivity index (χ0v) is 9.59. The summed E-state index contributed by atoms with van der Waals surface area (Å²) in [5.74, 6) is -0.781. The van der Waals surface area contributed by atoms with Gasteiger partial charge in [-0.2, -0.15) is 23.3 Å². The Balaban J connectivity index is 2.40. The zero-order chi connectivity index (χ0) is 13.5. The molecule has 0 saturated carbocycles. The first kappa shape index (κ1) is 12.7. The third kappa shape index (κ3) is 2.26. The summed E-state index contributed by atoms with van der Waals surface area (Å²) in [6.45, 7) is 0. The van der Waals surface area contributed by atoms with Crippen LogP contribution in [-0.2, 0) is 4.79 Å². The van der Waals surface area contributed by atoms with Crippen molar-refractivity contribution in [3.8, 4) is 0 Å². The van der Waals surface area contributed by atoms with Crippen molar-refractivity contribution in [1.29, 1.82) is 0 Å². The zero-order valence-electron chi connectivity index (χ0n) is 8.83. The second-order valence-electron chi connectivity index (χ2n) is 3.63. The minimum Gasteiger partial charge on any atom is -0.397 e. The van der Waals surface area contributed by atoms with Gasteiger partial charge in [0.25, 0.3) is 5.91 Å². The van der Waals surface area contributed by atoms with Crippen molar-refractivity contribution < 1.29 is 18.0 Å². The summed E-state index contributed by atoms with van der Waals surface area (Å²) in [7, 11) is 0. The Kier molecular flexibility index (Phi) is 2.94. The smallest absolute Gasteiger partial charge is 0.397 e. The maximum atomic E-state index is 12.4. The Morgan fingerprint density at radius 3 is 2.56 bits per heavy atom. The number of hydrazone groups is 1. The lowest BCUT2D eigenvalue weighted by molar-refractivity contribution is -0.117. The molecular weight excluding hydrogens is 271 g/mol. The summed E-state index contributed by atoms with van der Waals surface area (Å²) in [6.07, 6.45) is -5.41. The molecule has 1 amide bonds. The number of benzene rings is 1. The SMILES string of the molecule is Nc1cc(Cl)ccc1N1N=C(C(F)(F)F)CC1=O. The molecule has 1 aliphatic rings. The number of nitrogens with zero attached hydrogens (tertiary/aromatic N) is 2. The van der Waals surface area contributed by atoms with Crippen molar-refractivity contribution in [2.75, 3.05) is 10.7 Å². The van der Waals surface area contributed by atoms with E-state index in [2.05, 4.69) is 5.10 Å². The molecule has 2 N–H and O–H groups in total. The highest BCUT2D eigenvalue weighted by molar-refractivity contribution is 6.31. The van der Waals surface area contributed by atoms with Crippen LogP contribution in [0.25, 0.3) is 0 Å². The summed E-state index contributed by atoms with van der Waals surface area (Å²) < 4.78 is 37.3. The number of anilines is 2. The molecule has 1 aromatic carbocycles. The van der Waals surface area contributed by atoms with Crippen molar-refractivity contribution in [3.05, 3.63) is 23.2 Å². The number of hydrogen-bond donors (Lipinski definition) is 1. The molecule has 0 saturated heterocycles. The number of hydrogen-bond acceptors (Lipinski definition) is 3. The molecule has 1 aromatic rings. The fraction of sp³-hybridized carbons (Fsp3) is 0.200. The van der Waals surface area contributed by atoms with Crippen LogP contribution in [-0.4, -0.2) is 17.8 Å². The average molecular weight is 278 g/mol. The molecule has 0 aliphatic carbocycles. The van der Waals surface area contributed by atoms with E-state index >= 15 is 0 Å². The Bertz CT molecular complexity index is 542. The second kappa shape index (κ2) is 4.16. The van der Waals surface area contributed by atoms with Gasteiger partial charge in [0.15, 0.2) is 5.71 Å². The van der Waals surface area contributed by atoms with Crippen LogP contribution in [0.4, 0.5) is 24.5 Å². The normalized spacial score (nSPS) is 16.1. The molecule has 2 rings (SSSR count). The van der Waals surface area contributed by atoms with Crippen LogP contribution in [0.3, 0.4) is 0 Å². The van der Waals surface area contributed by atoms with Crippen LogP contribution in [0.2, 0.25) is 5.02 Å². The van der Waals surface area contributed by atoms with Gasteiger partial charge in [0, 0.05) is 5.02 Å². The van der Waals surface area contributed by atoms with E-state index in [-0.39, 0.29) is 11.4 Å². The number of alkyl halides is 3. The average Bonchev–Trinajstić information content (AvgIpc) is 2.60. The first-order valence-electron chi connectivity index (χ1n) is 4.81. The van der Waals surface area contributed by atoms with Gasteiger partial charge in [-0.05, 0) is 18.2 Å². The standard InChI is InChI=1S/C10H7ClF3N3O/c11-5-1-2-7(6(15)3-5)17-9(18)4-8(16-17)10(12,13)14/h1-3H,4,15H2.